The van der Waals surface area contributed by atoms with Crippen molar-refractivity contribution in [1.82, 2.24) is 5.32 Å². The summed E-state index contributed by atoms with van der Waals surface area (Å²) in [6, 6.07) is 0. The Kier molecular flexibility index (Phi) is 6.70. The van der Waals surface area contributed by atoms with Gasteiger partial charge in [0, 0.05) is 6.54 Å². The van der Waals surface area contributed by atoms with Gasteiger partial charge in [0.25, 0.3) is 0 Å². The first-order valence-corrected chi connectivity index (χ1v) is 4.36. The number of primary amides is 1. The van der Waals surface area contributed by atoms with Crippen LogP contribution in [0.2, 0.25) is 0 Å². The molecule has 12 heavy (non-hydrogen) atoms. The second kappa shape index (κ2) is 7.06. The van der Waals surface area contributed by atoms with Crippen LogP contribution in [0.4, 0.5) is 0 Å². The lowest BCUT2D eigenvalue weighted by atomic mass is 10.2. The van der Waals surface area contributed by atoms with Crippen molar-refractivity contribution in [3.8, 4) is 0 Å². The molecule has 0 aromatic carbocycles. The lowest BCUT2D eigenvalue weighted by Crippen LogP contribution is -2.37. The molecule has 0 heterocycles. The van der Waals surface area contributed by atoms with Crippen LogP contribution in [0.1, 0.15) is 26.2 Å². The summed E-state index contributed by atoms with van der Waals surface area (Å²) in [6.45, 7) is 3.22. The second-order valence-electron chi connectivity index (χ2n) is 2.83. The molecule has 0 spiro atoms. The third-order valence-electron chi connectivity index (χ3n) is 1.62. The van der Waals surface area contributed by atoms with E-state index in [0.717, 1.165) is 13.0 Å². The Hall–Kier alpha value is -0.610. The number of nitrogens with two attached hydrogens (primary N) is 1. The number of amides is 1. The normalized spacial score (nSPS) is 12.8. The smallest absolute Gasteiger partial charge is 0.247 e. The van der Waals surface area contributed by atoms with Crippen LogP contribution in [0, 0.1) is 0 Å². The molecule has 0 saturated heterocycles. The first-order valence-electron chi connectivity index (χ1n) is 4.36. The number of carbonyl (C=O) groups is 1. The molecule has 0 aliphatic rings. The zero-order valence-electron chi connectivity index (χ0n) is 7.55. The molecular weight excluding hydrogens is 156 g/mol. The summed E-state index contributed by atoms with van der Waals surface area (Å²) >= 11 is 0. The van der Waals surface area contributed by atoms with Gasteiger partial charge in [0.15, 0.2) is 0 Å². The molecule has 0 bridgehead atoms. The van der Waals surface area contributed by atoms with Crippen LogP contribution < -0.4 is 11.1 Å². The average molecular weight is 174 g/mol. The van der Waals surface area contributed by atoms with E-state index in [2.05, 4.69) is 12.2 Å². The largest absolute Gasteiger partial charge is 0.382 e. The SMILES string of the molecule is CCCCCNCC(O)C(N)=O. The topological polar surface area (TPSA) is 75.3 Å². The first kappa shape index (κ1) is 11.4. The highest BCUT2D eigenvalue weighted by atomic mass is 16.3. The molecule has 0 radical (unpaired) electrons. The Morgan fingerprint density at radius 3 is 2.75 bits per heavy atom. The summed E-state index contributed by atoms with van der Waals surface area (Å²) in [7, 11) is 0. The highest BCUT2D eigenvalue weighted by Gasteiger charge is 2.08. The van der Waals surface area contributed by atoms with Gasteiger partial charge in [-0.05, 0) is 13.0 Å². The van der Waals surface area contributed by atoms with Gasteiger partial charge in [0.05, 0.1) is 0 Å². The van der Waals surface area contributed by atoms with E-state index >= 15 is 0 Å². The van der Waals surface area contributed by atoms with Crippen LogP contribution in [0.5, 0.6) is 0 Å². The van der Waals surface area contributed by atoms with Crippen molar-refractivity contribution in [1.29, 1.82) is 0 Å². The van der Waals surface area contributed by atoms with E-state index in [1.54, 1.807) is 0 Å². The molecular formula is C8H18N2O2. The molecule has 0 rings (SSSR count). The Labute approximate surface area is 73.1 Å². The van der Waals surface area contributed by atoms with E-state index in [-0.39, 0.29) is 6.54 Å². The van der Waals surface area contributed by atoms with Crippen LogP contribution >= 0.6 is 0 Å². The summed E-state index contributed by atoms with van der Waals surface area (Å²) in [5.74, 6) is -0.669. The van der Waals surface area contributed by atoms with E-state index in [1.165, 1.54) is 12.8 Å². The predicted molar refractivity (Wildman–Crippen MR) is 47.6 cm³/mol. The summed E-state index contributed by atoms with van der Waals surface area (Å²) in [5.41, 5.74) is 4.85. The van der Waals surface area contributed by atoms with Crippen LogP contribution in [0.3, 0.4) is 0 Å². The Bertz CT molecular complexity index is 128. The summed E-state index contributed by atoms with van der Waals surface area (Å²) < 4.78 is 0. The van der Waals surface area contributed by atoms with Gasteiger partial charge in [0.2, 0.25) is 5.91 Å². The van der Waals surface area contributed by atoms with E-state index < -0.39 is 12.0 Å². The van der Waals surface area contributed by atoms with Gasteiger partial charge in [-0.15, -0.1) is 0 Å². The molecule has 1 atom stereocenters. The van der Waals surface area contributed by atoms with Gasteiger partial charge in [0.1, 0.15) is 6.10 Å². The quantitative estimate of drug-likeness (QED) is 0.460. The minimum atomic E-state index is -1.05. The standard InChI is InChI=1S/C8H18N2O2/c1-2-3-4-5-10-6-7(11)8(9)12/h7,10-11H,2-6H2,1H3,(H2,9,12). The van der Waals surface area contributed by atoms with Crippen molar-refractivity contribution in [2.45, 2.75) is 32.3 Å². The third kappa shape index (κ3) is 6.12. The molecule has 1 amide bonds. The first-order chi connectivity index (χ1) is 5.68. The summed E-state index contributed by atoms with van der Waals surface area (Å²) in [5, 5.41) is 11.9. The molecule has 0 aromatic heterocycles. The summed E-state index contributed by atoms with van der Waals surface area (Å²) in [6.07, 6.45) is 2.36. The maximum atomic E-state index is 10.4. The third-order valence-corrected chi connectivity index (χ3v) is 1.62. The van der Waals surface area contributed by atoms with Crippen molar-refractivity contribution in [3.05, 3.63) is 0 Å². The van der Waals surface area contributed by atoms with Crippen LogP contribution in [-0.2, 0) is 4.79 Å². The van der Waals surface area contributed by atoms with E-state index in [0.29, 0.717) is 0 Å². The van der Waals surface area contributed by atoms with Crippen LogP contribution in [0.15, 0.2) is 0 Å². The molecule has 4 heteroatoms. The number of hydrogen-bond donors (Lipinski definition) is 3. The maximum Gasteiger partial charge on any atom is 0.247 e. The van der Waals surface area contributed by atoms with E-state index in [4.69, 9.17) is 10.8 Å². The Morgan fingerprint density at radius 1 is 1.58 bits per heavy atom. The minimum Gasteiger partial charge on any atom is -0.382 e. The zero-order valence-corrected chi connectivity index (χ0v) is 7.55. The van der Waals surface area contributed by atoms with Gasteiger partial charge >= 0.3 is 0 Å². The van der Waals surface area contributed by atoms with Crippen molar-refractivity contribution >= 4 is 5.91 Å². The Balaban J connectivity index is 3.14. The minimum absolute atomic E-state index is 0.263. The molecule has 0 aliphatic heterocycles. The molecule has 0 aliphatic carbocycles. The van der Waals surface area contributed by atoms with Gasteiger partial charge in [-0.2, -0.15) is 0 Å². The predicted octanol–water partition coefficient (Wildman–Crippen LogP) is -0.388. The monoisotopic (exact) mass is 174 g/mol. The highest BCUT2D eigenvalue weighted by Crippen LogP contribution is 1.90. The van der Waals surface area contributed by atoms with Crippen LogP contribution in [0.25, 0.3) is 0 Å². The van der Waals surface area contributed by atoms with Crippen molar-refractivity contribution in [3.63, 3.8) is 0 Å². The molecule has 0 saturated carbocycles. The number of aliphatic hydroxyl groups is 1. The number of rotatable bonds is 7. The molecule has 0 fully saturated rings. The number of nitrogens with one attached hydrogen (secondary N) is 1. The fourth-order valence-corrected chi connectivity index (χ4v) is 0.839. The van der Waals surface area contributed by atoms with Gasteiger partial charge in [-0.1, -0.05) is 19.8 Å². The van der Waals surface area contributed by atoms with Gasteiger partial charge in [-0.3, -0.25) is 4.79 Å². The van der Waals surface area contributed by atoms with Crippen molar-refractivity contribution < 1.29 is 9.90 Å². The Morgan fingerprint density at radius 2 is 2.25 bits per heavy atom. The molecule has 72 valence electrons. The van der Waals surface area contributed by atoms with Crippen molar-refractivity contribution in [2.24, 2.45) is 5.73 Å². The van der Waals surface area contributed by atoms with Gasteiger partial charge < -0.3 is 16.2 Å². The number of carbonyl (C=O) groups excluding carboxylic acids is 1. The maximum absolute atomic E-state index is 10.4. The molecule has 1 unspecified atom stereocenters. The average Bonchev–Trinajstić information content (AvgIpc) is 2.03. The van der Waals surface area contributed by atoms with Crippen LogP contribution in [-0.4, -0.2) is 30.2 Å². The highest BCUT2D eigenvalue weighted by molar-refractivity contribution is 5.78. The lowest BCUT2D eigenvalue weighted by Gasteiger charge is -2.07. The molecule has 0 aromatic rings. The van der Waals surface area contributed by atoms with Gasteiger partial charge in [-0.25, -0.2) is 0 Å². The fraction of sp³-hybridized carbons (Fsp3) is 0.875. The molecule has 4 N–H and O–H groups in total. The van der Waals surface area contributed by atoms with E-state index in [9.17, 15) is 4.79 Å². The number of unbranched alkanes of at least 4 members (excludes halogenated alkanes) is 2. The zero-order chi connectivity index (χ0) is 9.40. The van der Waals surface area contributed by atoms with Crippen molar-refractivity contribution in [2.75, 3.05) is 13.1 Å². The molecule has 4 nitrogen and oxygen atoms in total. The number of hydrogen-bond acceptors (Lipinski definition) is 3. The number of aliphatic hydroxyl groups excluding tert-OH is 1. The fourth-order valence-electron chi connectivity index (χ4n) is 0.839. The summed E-state index contributed by atoms with van der Waals surface area (Å²) in [4.78, 5) is 10.4. The van der Waals surface area contributed by atoms with E-state index in [1.807, 2.05) is 0 Å². The lowest BCUT2D eigenvalue weighted by molar-refractivity contribution is -0.125. The second-order valence-corrected chi connectivity index (χ2v) is 2.83.